The maximum atomic E-state index is 10.5. The topological polar surface area (TPSA) is 38.7 Å². The van der Waals surface area contributed by atoms with E-state index in [1.807, 2.05) is 13.8 Å². The summed E-state index contributed by atoms with van der Waals surface area (Å²) in [6, 6.07) is 3.34. The average Bonchev–Trinajstić information content (AvgIpc) is 2.79. The number of ether oxygens (including phenoxy) is 2. The van der Waals surface area contributed by atoms with E-state index in [1.165, 1.54) is 0 Å². The highest BCUT2D eigenvalue weighted by molar-refractivity contribution is 6.34. The van der Waals surface area contributed by atoms with Gasteiger partial charge < -0.3 is 14.6 Å². The van der Waals surface area contributed by atoms with Crippen molar-refractivity contribution in [2.24, 2.45) is 5.92 Å². The summed E-state index contributed by atoms with van der Waals surface area (Å²) in [5.74, 6) is 0.590. The Balaban J connectivity index is 2.26. The molecule has 0 spiro atoms. The first-order valence-electron chi connectivity index (χ1n) is 6.46. The molecule has 1 aliphatic heterocycles. The summed E-state index contributed by atoms with van der Waals surface area (Å²) in [5, 5.41) is 11.4. The van der Waals surface area contributed by atoms with Gasteiger partial charge >= 0.3 is 0 Å². The molecule has 3 nitrogen and oxygen atoms in total. The number of benzene rings is 1. The van der Waals surface area contributed by atoms with Gasteiger partial charge in [-0.15, -0.1) is 0 Å². The highest BCUT2D eigenvalue weighted by Gasteiger charge is 2.33. The van der Waals surface area contributed by atoms with Crippen LogP contribution in [0.3, 0.4) is 0 Å². The molecule has 0 amide bonds. The molecule has 0 aliphatic carbocycles. The molecular formula is C14H18Cl2O3. The van der Waals surface area contributed by atoms with Gasteiger partial charge in [-0.2, -0.15) is 0 Å². The number of halogens is 2. The quantitative estimate of drug-likeness (QED) is 0.918. The molecule has 0 radical (unpaired) electrons. The van der Waals surface area contributed by atoms with Crippen molar-refractivity contribution in [3.63, 3.8) is 0 Å². The summed E-state index contributed by atoms with van der Waals surface area (Å²) >= 11 is 12.4. The molecule has 1 aromatic carbocycles. The van der Waals surface area contributed by atoms with E-state index in [9.17, 15) is 5.11 Å². The highest BCUT2D eigenvalue weighted by Crippen LogP contribution is 2.40. The van der Waals surface area contributed by atoms with Gasteiger partial charge in [0.1, 0.15) is 5.75 Å². The van der Waals surface area contributed by atoms with Crippen LogP contribution in [-0.2, 0) is 4.74 Å². The molecule has 1 fully saturated rings. The second-order valence-electron chi connectivity index (χ2n) is 4.71. The van der Waals surface area contributed by atoms with Crippen LogP contribution in [0.15, 0.2) is 12.1 Å². The third-order valence-corrected chi connectivity index (χ3v) is 4.13. The zero-order valence-corrected chi connectivity index (χ0v) is 12.5. The van der Waals surface area contributed by atoms with Crippen LogP contribution in [0, 0.1) is 5.92 Å². The summed E-state index contributed by atoms with van der Waals surface area (Å²) in [6.07, 6.45) is 0.179. The predicted molar refractivity (Wildman–Crippen MR) is 76.1 cm³/mol. The van der Waals surface area contributed by atoms with E-state index in [4.69, 9.17) is 32.7 Å². The lowest BCUT2D eigenvalue weighted by Gasteiger charge is -2.22. The molecule has 1 aliphatic rings. The maximum Gasteiger partial charge on any atom is 0.139 e. The Labute approximate surface area is 123 Å². The van der Waals surface area contributed by atoms with Crippen molar-refractivity contribution in [2.45, 2.75) is 32.5 Å². The van der Waals surface area contributed by atoms with Crippen LogP contribution in [0.1, 0.15) is 31.9 Å². The van der Waals surface area contributed by atoms with Crippen molar-refractivity contribution in [3.05, 3.63) is 27.7 Å². The van der Waals surface area contributed by atoms with E-state index in [2.05, 4.69) is 0 Å². The third kappa shape index (κ3) is 3.16. The number of hydrogen-bond donors (Lipinski definition) is 1. The Kier molecular flexibility index (Phi) is 4.96. The first-order valence-corrected chi connectivity index (χ1v) is 7.21. The Morgan fingerprint density at radius 2 is 2.16 bits per heavy atom. The van der Waals surface area contributed by atoms with Gasteiger partial charge in [-0.1, -0.05) is 23.2 Å². The molecule has 5 heteroatoms. The van der Waals surface area contributed by atoms with Crippen LogP contribution in [0.2, 0.25) is 10.0 Å². The van der Waals surface area contributed by atoms with Crippen molar-refractivity contribution in [3.8, 4) is 5.75 Å². The molecule has 19 heavy (non-hydrogen) atoms. The lowest BCUT2D eigenvalue weighted by Crippen LogP contribution is -2.20. The van der Waals surface area contributed by atoms with Gasteiger partial charge in [-0.05, 0) is 26.3 Å². The zero-order valence-electron chi connectivity index (χ0n) is 11.0. The van der Waals surface area contributed by atoms with Gasteiger partial charge in [-0.3, -0.25) is 0 Å². The Morgan fingerprint density at radius 1 is 1.42 bits per heavy atom. The largest absolute Gasteiger partial charge is 0.492 e. The molecule has 1 N–H and O–H groups in total. The standard InChI is InChI=1S/C14H18Cl2O3/c1-3-18-13-7-11(15)10(6-12(13)16)14(17)9-4-5-19-8(9)2/h6-9,14,17H,3-5H2,1-2H3. The second-order valence-corrected chi connectivity index (χ2v) is 5.52. The molecule has 0 aromatic heterocycles. The second kappa shape index (κ2) is 6.31. The minimum atomic E-state index is -0.668. The minimum absolute atomic E-state index is 0.0245. The monoisotopic (exact) mass is 304 g/mol. The SMILES string of the molecule is CCOc1cc(Cl)c(C(O)C2CCOC2C)cc1Cl. The van der Waals surface area contributed by atoms with Gasteiger partial charge in [0.25, 0.3) is 0 Å². The molecule has 1 heterocycles. The van der Waals surface area contributed by atoms with E-state index in [0.717, 1.165) is 6.42 Å². The van der Waals surface area contributed by atoms with Crippen molar-refractivity contribution in [2.75, 3.05) is 13.2 Å². The van der Waals surface area contributed by atoms with Crippen molar-refractivity contribution in [1.82, 2.24) is 0 Å². The number of hydrogen-bond acceptors (Lipinski definition) is 3. The number of aliphatic hydroxyl groups excluding tert-OH is 1. The maximum absolute atomic E-state index is 10.5. The van der Waals surface area contributed by atoms with Gasteiger partial charge in [0.15, 0.2) is 0 Å². The molecule has 1 aromatic rings. The molecule has 1 saturated heterocycles. The normalized spacial score (nSPS) is 24.5. The smallest absolute Gasteiger partial charge is 0.139 e. The molecule has 3 atom stereocenters. The number of aliphatic hydroxyl groups is 1. The summed E-state index contributed by atoms with van der Waals surface area (Å²) < 4.78 is 10.9. The van der Waals surface area contributed by atoms with E-state index >= 15 is 0 Å². The molecule has 3 unspecified atom stereocenters. The number of rotatable bonds is 4. The summed E-state index contributed by atoms with van der Waals surface area (Å²) in [5.41, 5.74) is 0.637. The van der Waals surface area contributed by atoms with Crippen LogP contribution in [0.25, 0.3) is 0 Å². The summed E-state index contributed by atoms with van der Waals surface area (Å²) in [6.45, 7) is 5.03. The van der Waals surface area contributed by atoms with Gasteiger partial charge in [-0.25, -0.2) is 0 Å². The Hall–Kier alpha value is -0.480. The third-order valence-electron chi connectivity index (χ3n) is 3.51. The fraction of sp³-hybridized carbons (Fsp3) is 0.571. The Morgan fingerprint density at radius 3 is 2.74 bits per heavy atom. The first-order chi connectivity index (χ1) is 9.04. The Bertz CT molecular complexity index is 451. The molecule has 0 bridgehead atoms. The lowest BCUT2D eigenvalue weighted by atomic mass is 9.90. The van der Waals surface area contributed by atoms with E-state index in [1.54, 1.807) is 12.1 Å². The van der Waals surface area contributed by atoms with Gasteiger partial charge in [0.05, 0.1) is 28.9 Å². The fourth-order valence-corrected chi connectivity index (χ4v) is 2.92. The van der Waals surface area contributed by atoms with E-state index in [-0.39, 0.29) is 12.0 Å². The average molecular weight is 305 g/mol. The molecule has 106 valence electrons. The van der Waals surface area contributed by atoms with Crippen molar-refractivity contribution < 1.29 is 14.6 Å². The highest BCUT2D eigenvalue weighted by atomic mass is 35.5. The molecule has 0 saturated carbocycles. The van der Waals surface area contributed by atoms with Crippen LogP contribution >= 0.6 is 23.2 Å². The summed E-state index contributed by atoms with van der Waals surface area (Å²) in [7, 11) is 0. The van der Waals surface area contributed by atoms with Crippen molar-refractivity contribution >= 4 is 23.2 Å². The van der Waals surface area contributed by atoms with Gasteiger partial charge in [0, 0.05) is 24.2 Å². The van der Waals surface area contributed by atoms with Gasteiger partial charge in [0.2, 0.25) is 0 Å². The van der Waals surface area contributed by atoms with Crippen LogP contribution in [0.4, 0.5) is 0 Å². The van der Waals surface area contributed by atoms with Crippen LogP contribution < -0.4 is 4.74 Å². The lowest BCUT2D eigenvalue weighted by molar-refractivity contribution is 0.0432. The molecule has 2 rings (SSSR count). The van der Waals surface area contributed by atoms with E-state index in [0.29, 0.717) is 34.6 Å². The van der Waals surface area contributed by atoms with Crippen LogP contribution in [-0.4, -0.2) is 24.4 Å². The van der Waals surface area contributed by atoms with Crippen LogP contribution in [0.5, 0.6) is 5.75 Å². The predicted octanol–water partition coefficient (Wildman–Crippen LogP) is 3.85. The minimum Gasteiger partial charge on any atom is -0.492 e. The van der Waals surface area contributed by atoms with E-state index < -0.39 is 6.10 Å². The zero-order chi connectivity index (χ0) is 14.0. The first kappa shape index (κ1) is 14.9. The fourth-order valence-electron chi connectivity index (χ4n) is 2.43. The summed E-state index contributed by atoms with van der Waals surface area (Å²) in [4.78, 5) is 0. The molecular weight excluding hydrogens is 287 g/mol. The van der Waals surface area contributed by atoms with Crippen molar-refractivity contribution in [1.29, 1.82) is 0 Å².